The molecule has 0 bridgehead atoms. The lowest BCUT2D eigenvalue weighted by atomic mass is 10.1. The minimum atomic E-state index is -3.63. The second kappa shape index (κ2) is 11.1. The zero-order valence-electron chi connectivity index (χ0n) is 22.2. The average Bonchev–Trinajstić information content (AvgIpc) is 3.29. The SMILES string of the molecule is CCc1ccc(S(=O)(=O)NC2CCc3ccc(N(Cc4cccc(C)n4)Cc4cccc(C)n4)cc32)cc1. The highest BCUT2D eigenvalue weighted by Crippen LogP contribution is 2.36. The standard InChI is InChI=1S/C31H34N4O2S/c1-4-24-11-16-29(17-12-24)38(36,37)34-31-18-14-25-13-15-28(19-30(25)31)35(20-26-9-5-7-22(2)32-26)21-27-10-6-8-23(3)33-27/h5-13,15-17,19,31,34H,4,14,18,20-21H2,1-3H3. The van der Waals surface area contributed by atoms with Crippen LogP contribution in [0.2, 0.25) is 0 Å². The molecular weight excluding hydrogens is 492 g/mol. The molecule has 4 aromatic rings. The Morgan fingerprint density at radius 3 is 2.08 bits per heavy atom. The summed E-state index contributed by atoms with van der Waals surface area (Å²) >= 11 is 0. The van der Waals surface area contributed by atoms with Gasteiger partial charge in [0.15, 0.2) is 0 Å². The summed E-state index contributed by atoms with van der Waals surface area (Å²) in [5, 5.41) is 0. The van der Waals surface area contributed by atoms with Gasteiger partial charge in [-0.3, -0.25) is 9.97 Å². The van der Waals surface area contributed by atoms with E-state index in [0.717, 1.165) is 58.9 Å². The van der Waals surface area contributed by atoms with Crippen LogP contribution in [0.15, 0.2) is 83.8 Å². The maximum atomic E-state index is 13.2. The van der Waals surface area contributed by atoms with E-state index in [1.807, 2.05) is 62.4 Å². The molecule has 0 radical (unpaired) electrons. The van der Waals surface area contributed by atoms with Gasteiger partial charge in [-0.1, -0.05) is 37.3 Å². The molecule has 6 nitrogen and oxygen atoms in total. The van der Waals surface area contributed by atoms with Crippen LogP contribution in [0.5, 0.6) is 0 Å². The maximum absolute atomic E-state index is 13.2. The van der Waals surface area contributed by atoms with Crippen molar-refractivity contribution in [2.24, 2.45) is 0 Å². The highest BCUT2D eigenvalue weighted by molar-refractivity contribution is 7.89. The van der Waals surface area contributed by atoms with Crippen LogP contribution in [0.25, 0.3) is 0 Å². The largest absolute Gasteiger partial charge is 0.360 e. The average molecular weight is 527 g/mol. The fourth-order valence-electron chi connectivity index (χ4n) is 5.07. The van der Waals surface area contributed by atoms with Gasteiger partial charge in [-0.25, -0.2) is 13.1 Å². The zero-order chi connectivity index (χ0) is 26.7. The smallest absolute Gasteiger partial charge is 0.241 e. The minimum Gasteiger partial charge on any atom is -0.360 e. The second-order valence-electron chi connectivity index (χ2n) is 9.99. The van der Waals surface area contributed by atoms with Gasteiger partial charge < -0.3 is 4.90 Å². The number of anilines is 1. The summed E-state index contributed by atoms with van der Waals surface area (Å²) in [7, 11) is -3.63. The lowest BCUT2D eigenvalue weighted by Gasteiger charge is -2.26. The van der Waals surface area contributed by atoms with Crippen LogP contribution in [0.1, 0.15) is 58.9 Å². The van der Waals surface area contributed by atoms with E-state index >= 15 is 0 Å². The van der Waals surface area contributed by atoms with Gasteiger partial charge in [0, 0.05) is 23.1 Å². The van der Waals surface area contributed by atoms with E-state index in [0.29, 0.717) is 18.0 Å². The first-order chi connectivity index (χ1) is 18.3. The number of sulfonamides is 1. The van der Waals surface area contributed by atoms with Crippen LogP contribution in [0.3, 0.4) is 0 Å². The molecule has 1 atom stereocenters. The molecule has 1 N–H and O–H groups in total. The van der Waals surface area contributed by atoms with Crippen molar-refractivity contribution in [3.05, 3.63) is 118 Å². The van der Waals surface area contributed by atoms with Crippen LogP contribution < -0.4 is 9.62 Å². The number of nitrogens with one attached hydrogen (secondary N) is 1. The third-order valence-corrected chi connectivity index (χ3v) is 8.60. The molecule has 38 heavy (non-hydrogen) atoms. The Kier molecular flexibility index (Phi) is 7.58. The fourth-order valence-corrected chi connectivity index (χ4v) is 6.32. The van der Waals surface area contributed by atoms with Crippen LogP contribution in [0, 0.1) is 13.8 Å². The van der Waals surface area contributed by atoms with Crippen molar-refractivity contribution in [1.29, 1.82) is 0 Å². The monoisotopic (exact) mass is 526 g/mol. The summed E-state index contributed by atoms with van der Waals surface area (Å²) in [6, 6.07) is 25.4. The summed E-state index contributed by atoms with van der Waals surface area (Å²) in [4.78, 5) is 12.0. The molecule has 5 rings (SSSR count). The molecule has 2 heterocycles. The molecule has 0 amide bonds. The molecule has 0 saturated carbocycles. The Morgan fingerprint density at radius 2 is 1.50 bits per heavy atom. The molecular formula is C31H34N4O2S. The summed E-state index contributed by atoms with van der Waals surface area (Å²) in [5.41, 5.74) is 8.27. The van der Waals surface area contributed by atoms with Crippen molar-refractivity contribution in [2.45, 2.75) is 64.1 Å². The summed E-state index contributed by atoms with van der Waals surface area (Å²) in [5.74, 6) is 0. The number of benzene rings is 2. The van der Waals surface area contributed by atoms with Crippen molar-refractivity contribution in [3.8, 4) is 0 Å². The Morgan fingerprint density at radius 1 is 0.868 bits per heavy atom. The van der Waals surface area contributed by atoms with Crippen LogP contribution >= 0.6 is 0 Å². The van der Waals surface area contributed by atoms with E-state index in [4.69, 9.17) is 9.97 Å². The van der Waals surface area contributed by atoms with E-state index in [-0.39, 0.29) is 6.04 Å². The zero-order valence-corrected chi connectivity index (χ0v) is 23.0. The first kappa shape index (κ1) is 26.1. The van der Waals surface area contributed by atoms with Crippen molar-refractivity contribution in [1.82, 2.24) is 14.7 Å². The van der Waals surface area contributed by atoms with E-state index in [1.165, 1.54) is 5.56 Å². The Balaban J connectivity index is 1.44. The Hall–Kier alpha value is -3.55. The minimum absolute atomic E-state index is 0.267. The normalized spacial score (nSPS) is 14.9. The number of nitrogens with zero attached hydrogens (tertiary/aromatic N) is 3. The molecule has 0 fully saturated rings. The fraction of sp³-hybridized carbons (Fsp3) is 0.290. The van der Waals surface area contributed by atoms with Gasteiger partial charge in [-0.05, 0) is 98.3 Å². The van der Waals surface area contributed by atoms with Gasteiger partial charge in [0.1, 0.15) is 0 Å². The molecule has 7 heteroatoms. The van der Waals surface area contributed by atoms with Gasteiger partial charge >= 0.3 is 0 Å². The number of fused-ring (bicyclic) bond motifs is 1. The van der Waals surface area contributed by atoms with Crippen molar-refractivity contribution in [2.75, 3.05) is 4.90 Å². The number of rotatable bonds is 9. The van der Waals surface area contributed by atoms with Gasteiger partial charge in [0.2, 0.25) is 10.0 Å². The van der Waals surface area contributed by atoms with Crippen LogP contribution in [-0.4, -0.2) is 18.4 Å². The molecule has 196 valence electrons. The summed E-state index contributed by atoms with van der Waals surface area (Å²) in [6.45, 7) is 7.30. The van der Waals surface area contributed by atoms with Crippen LogP contribution in [0.4, 0.5) is 5.69 Å². The Bertz CT molecular complexity index is 1490. The molecule has 1 aliphatic rings. The van der Waals surface area contributed by atoms with E-state index in [9.17, 15) is 8.42 Å². The number of hydrogen-bond donors (Lipinski definition) is 1. The molecule has 0 aliphatic heterocycles. The first-order valence-electron chi connectivity index (χ1n) is 13.1. The molecule has 1 unspecified atom stereocenters. The number of pyridine rings is 2. The van der Waals surface area contributed by atoms with Crippen molar-refractivity contribution < 1.29 is 8.42 Å². The topological polar surface area (TPSA) is 75.2 Å². The van der Waals surface area contributed by atoms with E-state index in [2.05, 4.69) is 34.7 Å². The molecule has 0 saturated heterocycles. The van der Waals surface area contributed by atoms with E-state index in [1.54, 1.807) is 12.1 Å². The third kappa shape index (κ3) is 5.95. The number of hydrogen-bond acceptors (Lipinski definition) is 5. The molecule has 0 spiro atoms. The van der Waals surface area contributed by atoms with Gasteiger partial charge in [0.25, 0.3) is 0 Å². The molecule has 1 aliphatic carbocycles. The van der Waals surface area contributed by atoms with Gasteiger partial charge in [-0.15, -0.1) is 0 Å². The first-order valence-corrected chi connectivity index (χ1v) is 14.6. The Labute approximate surface area is 225 Å². The van der Waals surface area contributed by atoms with Gasteiger partial charge in [0.05, 0.1) is 29.4 Å². The summed E-state index contributed by atoms with van der Waals surface area (Å²) in [6.07, 6.45) is 2.46. The summed E-state index contributed by atoms with van der Waals surface area (Å²) < 4.78 is 29.4. The molecule has 2 aromatic carbocycles. The predicted octanol–water partition coefficient (Wildman–Crippen LogP) is 5.83. The van der Waals surface area contributed by atoms with Crippen molar-refractivity contribution >= 4 is 15.7 Å². The highest BCUT2D eigenvalue weighted by Gasteiger charge is 2.28. The highest BCUT2D eigenvalue weighted by atomic mass is 32.2. The van der Waals surface area contributed by atoms with E-state index < -0.39 is 10.0 Å². The molecule has 2 aromatic heterocycles. The lowest BCUT2D eigenvalue weighted by Crippen LogP contribution is -2.28. The number of aromatic nitrogens is 2. The number of aryl methyl sites for hydroxylation is 4. The predicted molar refractivity (Wildman–Crippen MR) is 151 cm³/mol. The van der Waals surface area contributed by atoms with Crippen molar-refractivity contribution in [3.63, 3.8) is 0 Å². The van der Waals surface area contributed by atoms with Crippen LogP contribution in [-0.2, 0) is 36.0 Å². The quantitative estimate of drug-likeness (QED) is 0.297. The maximum Gasteiger partial charge on any atom is 0.241 e. The van der Waals surface area contributed by atoms with Gasteiger partial charge in [-0.2, -0.15) is 0 Å². The third-order valence-electron chi connectivity index (χ3n) is 7.11. The second-order valence-corrected chi connectivity index (χ2v) is 11.7. The lowest BCUT2D eigenvalue weighted by molar-refractivity contribution is 0.554.